The Balaban J connectivity index is 2.18. The molecule has 94 valence electrons. The predicted molar refractivity (Wildman–Crippen MR) is 62.0 cm³/mol. The lowest BCUT2D eigenvalue weighted by Crippen LogP contribution is -2.32. The van der Waals surface area contributed by atoms with Crippen molar-refractivity contribution in [2.75, 3.05) is 20.3 Å². The molecule has 0 aromatic heterocycles. The SMILES string of the molecule is CN(Cc1ccc2c(c1)OCCO2)S(N)(=O)=O. The maximum absolute atomic E-state index is 11.1. The highest BCUT2D eigenvalue weighted by Crippen LogP contribution is 2.31. The van der Waals surface area contributed by atoms with Crippen molar-refractivity contribution in [2.24, 2.45) is 5.14 Å². The first-order valence-electron chi connectivity index (χ1n) is 5.09. The van der Waals surface area contributed by atoms with Crippen LogP contribution in [0.5, 0.6) is 11.5 Å². The summed E-state index contributed by atoms with van der Waals surface area (Å²) < 4.78 is 34.0. The second kappa shape index (κ2) is 4.52. The van der Waals surface area contributed by atoms with Gasteiger partial charge < -0.3 is 9.47 Å². The Morgan fingerprint density at radius 1 is 1.29 bits per heavy atom. The Morgan fingerprint density at radius 3 is 2.59 bits per heavy atom. The predicted octanol–water partition coefficient (Wildman–Crippen LogP) is 0.0931. The molecule has 17 heavy (non-hydrogen) atoms. The average Bonchev–Trinajstić information content (AvgIpc) is 2.27. The Kier molecular flexibility index (Phi) is 3.23. The fourth-order valence-electron chi connectivity index (χ4n) is 1.53. The molecule has 6 nitrogen and oxygen atoms in total. The maximum atomic E-state index is 11.1. The number of nitrogens with zero attached hydrogens (tertiary/aromatic N) is 1. The summed E-state index contributed by atoms with van der Waals surface area (Å²) >= 11 is 0. The molecule has 0 fully saturated rings. The molecule has 0 aliphatic carbocycles. The van der Waals surface area contributed by atoms with Crippen LogP contribution in [0.4, 0.5) is 0 Å². The normalized spacial score (nSPS) is 15.0. The number of rotatable bonds is 3. The fourth-order valence-corrected chi connectivity index (χ4v) is 1.86. The summed E-state index contributed by atoms with van der Waals surface area (Å²) in [6, 6.07) is 5.31. The molecule has 1 aromatic rings. The highest BCUT2D eigenvalue weighted by atomic mass is 32.2. The van der Waals surface area contributed by atoms with E-state index >= 15 is 0 Å². The minimum atomic E-state index is -3.66. The molecule has 1 aromatic carbocycles. The van der Waals surface area contributed by atoms with E-state index in [1.54, 1.807) is 18.2 Å². The van der Waals surface area contributed by atoms with Gasteiger partial charge in [-0.1, -0.05) is 6.07 Å². The van der Waals surface area contributed by atoms with Gasteiger partial charge in [0.05, 0.1) is 0 Å². The zero-order valence-corrected chi connectivity index (χ0v) is 10.2. The molecule has 0 atom stereocenters. The molecule has 2 rings (SSSR count). The zero-order valence-electron chi connectivity index (χ0n) is 9.42. The zero-order chi connectivity index (χ0) is 12.5. The summed E-state index contributed by atoms with van der Waals surface area (Å²) in [7, 11) is -2.24. The van der Waals surface area contributed by atoms with Crippen molar-refractivity contribution >= 4 is 10.2 Å². The van der Waals surface area contributed by atoms with E-state index in [1.807, 2.05) is 0 Å². The molecule has 7 heteroatoms. The van der Waals surface area contributed by atoms with Crippen LogP contribution in [0.2, 0.25) is 0 Å². The number of ether oxygens (including phenoxy) is 2. The maximum Gasteiger partial charge on any atom is 0.276 e. The van der Waals surface area contributed by atoms with Gasteiger partial charge in [-0.2, -0.15) is 12.7 Å². The third-order valence-corrected chi connectivity index (χ3v) is 3.44. The van der Waals surface area contributed by atoms with Crippen molar-refractivity contribution in [1.82, 2.24) is 4.31 Å². The molecular formula is C10H14N2O4S. The van der Waals surface area contributed by atoms with Gasteiger partial charge in [0, 0.05) is 13.6 Å². The molecule has 0 bridgehead atoms. The van der Waals surface area contributed by atoms with Crippen LogP contribution < -0.4 is 14.6 Å². The topological polar surface area (TPSA) is 81.9 Å². The number of nitrogens with two attached hydrogens (primary N) is 1. The molecule has 0 unspecified atom stereocenters. The summed E-state index contributed by atoms with van der Waals surface area (Å²) in [5, 5.41) is 5.01. The van der Waals surface area contributed by atoms with Gasteiger partial charge in [0.2, 0.25) is 0 Å². The quantitative estimate of drug-likeness (QED) is 0.833. The van der Waals surface area contributed by atoms with Crippen LogP contribution in [0.3, 0.4) is 0 Å². The van der Waals surface area contributed by atoms with Crippen LogP contribution in [0.25, 0.3) is 0 Å². The third-order valence-electron chi connectivity index (χ3n) is 2.45. The number of fused-ring (bicyclic) bond motifs is 1. The van der Waals surface area contributed by atoms with Gasteiger partial charge in [0.15, 0.2) is 11.5 Å². The van der Waals surface area contributed by atoms with E-state index in [-0.39, 0.29) is 6.54 Å². The standard InChI is InChI=1S/C10H14N2O4S/c1-12(17(11,13)14)7-8-2-3-9-10(6-8)16-5-4-15-9/h2-3,6H,4-5,7H2,1H3,(H2,11,13,14). The summed E-state index contributed by atoms with van der Waals surface area (Å²) in [6.45, 7) is 1.24. The highest BCUT2D eigenvalue weighted by Gasteiger charge is 2.15. The smallest absolute Gasteiger partial charge is 0.276 e. The molecular weight excluding hydrogens is 244 g/mol. The summed E-state index contributed by atoms with van der Waals surface area (Å²) in [5.41, 5.74) is 0.797. The van der Waals surface area contributed by atoms with E-state index in [2.05, 4.69) is 0 Å². The van der Waals surface area contributed by atoms with E-state index in [9.17, 15) is 8.42 Å². The molecule has 0 saturated carbocycles. The molecule has 2 N–H and O–H groups in total. The second-order valence-corrected chi connectivity index (χ2v) is 5.43. The van der Waals surface area contributed by atoms with Crippen LogP contribution in [0.1, 0.15) is 5.56 Å². The third kappa shape index (κ3) is 2.87. The lowest BCUT2D eigenvalue weighted by atomic mass is 10.2. The van der Waals surface area contributed by atoms with E-state index in [0.29, 0.717) is 24.7 Å². The van der Waals surface area contributed by atoms with E-state index in [1.165, 1.54) is 7.05 Å². The molecule has 0 amide bonds. The minimum Gasteiger partial charge on any atom is -0.486 e. The van der Waals surface area contributed by atoms with Gasteiger partial charge in [-0.3, -0.25) is 0 Å². The summed E-state index contributed by atoms with van der Waals surface area (Å²) in [5.74, 6) is 1.31. The van der Waals surface area contributed by atoms with Crippen molar-refractivity contribution in [3.05, 3.63) is 23.8 Å². The Labute approximate surface area is 100 Å². The minimum absolute atomic E-state index is 0.204. The first-order valence-corrected chi connectivity index (χ1v) is 6.60. The highest BCUT2D eigenvalue weighted by molar-refractivity contribution is 7.86. The van der Waals surface area contributed by atoms with Crippen molar-refractivity contribution in [1.29, 1.82) is 0 Å². The molecule has 1 heterocycles. The van der Waals surface area contributed by atoms with Crippen molar-refractivity contribution < 1.29 is 17.9 Å². The Morgan fingerprint density at radius 2 is 1.94 bits per heavy atom. The Bertz CT molecular complexity index is 515. The van der Waals surface area contributed by atoms with Gasteiger partial charge >= 0.3 is 0 Å². The van der Waals surface area contributed by atoms with Crippen LogP contribution in [-0.4, -0.2) is 33.0 Å². The van der Waals surface area contributed by atoms with Gasteiger partial charge in [-0.05, 0) is 17.7 Å². The van der Waals surface area contributed by atoms with Crippen molar-refractivity contribution in [3.63, 3.8) is 0 Å². The number of hydrogen-bond acceptors (Lipinski definition) is 4. The van der Waals surface area contributed by atoms with Crippen LogP contribution in [-0.2, 0) is 16.8 Å². The molecule has 0 radical (unpaired) electrons. The first-order chi connectivity index (χ1) is 7.97. The Hall–Kier alpha value is -1.31. The average molecular weight is 258 g/mol. The van der Waals surface area contributed by atoms with Crippen molar-refractivity contribution in [2.45, 2.75) is 6.54 Å². The largest absolute Gasteiger partial charge is 0.486 e. The van der Waals surface area contributed by atoms with E-state index in [0.717, 1.165) is 9.87 Å². The summed E-state index contributed by atoms with van der Waals surface area (Å²) in [4.78, 5) is 0. The molecule has 0 spiro atoms. The molecule has 1 aliphatic rings. The first kappa shape index (κ1) is 12.2. The van der Waals surface area contributed by atoms with Gasteiger partial charge in [-0.15, -0.1) is 0 Å². The van der Waals surface area contributed by atoms with Crippen molar-refractivity contribution in [3.8, 4) is 11.5 Å². The monoisotopic (exact) mass is 258 g/mol. The lowest BCUT2D eigenvalue weighted by Gasteiger charge is -2.20. The van der Waals surface area contributed by atoms with Crippen LogP contribution in [0.15, 0.2) is 18.2 Å². The number of hydrogen-bond donors (Lipinski definition) is 1. The fraction of sp³-hybridized carbons (Fsp3) is 0.400. The number of benzene rings is 1. The van der Waals surface area contributed by atoms with Gasteiger partial charge in [0.1, 0.15) is 13.2 Å². The summed E-state index contributed by atoms with van der Waals surface area (Å²) in [6.07, 6.45) is 0. The van der Waals surface area contributed by atoms with E-state index < -0.39 is 10.2 Å². The van der Waals surface area contributed by atoms with Gasteiger partial charge in [-0.25, -0.2) is 5.14 Å². The van der Waals surface area contributed by atoms with Crippen LogP contribution >= 0.6 is 0 Å². The van der Waals surface area contributed by atoms with E-state index in [4.69, 9.17) is 14.6 Å². The lowest BCUT2D eigenvalue weighted by molar-refractivity contribution is 0.171. The van der Waals surface area contributed by atoms with Crippen LogP contribution in [0, 0.1) is 0 Å². The second-order valence-electron chi connectivity index (χ2n) is 3.78. The van der Waals surface area contributed by atoms with Gasteiger partial charge in [0.25, 0.3) is 10.2 Å². The molecule has 1 aliphatic heterocycles. The molecule has 0 saturated heterocycles.